The third kappa shape index (κ3) is 2.97. The number of esters is 1. The van der Waals surface area contributed by atoms with Gasteiger partial charge in [0.25, 0.3) is 0 Å². The van der Waals surface area contributed by atoms with Gasteiger partial charge in [0.1, 0.15) is 5.92 Å². The van der Waals surface area contributed by atoms with Gasteiger partial charge in [-0.05, 0) is 25.1 Å². The Morgan fingerprint density at radius 2 is 1.95 bits per heavy atom. The van der Waals surface area contributed by atoms with E-state index in [0.717, 1.165) is 11.1 Å². The molecule has 0 bridgehead atoms. The summed E-state index contributed by atoms with van der Waals surface area (Å²) in [6.07, 6.45) is 1.96. The molecular weight excluding hydrogens is 278 g/mol. The van der Waals surface area contributed by atoms with Crippen molar-refractivity contribution in [1.29, 1.82) is 0 Å². The fourth-order valence-corrected chi connectivity index (χ4v) is 2.92. The number of hydrogen-bond acceptors (Lipinski definition) is 4. The van der Waals surface area contributed by atoms with Crippen LogP contribution in [0.25, 0.3) is 5.57 Å². The number of carbonyl (C=O) groups is 2. The summed E-state index contributed by atoms with van der Waals surface area (Å²) in [7, 11) is 1.72. The molecule has 4 heteroatoms. The molecule has 0 saturated carbocycles. The van der Waals surface area contributed by atoms with Crippen molar-refractivity contribution in [3.63, 3.8) is 0 Å². The van der Waals surface area contributed by atoms with Gasteiger partial charge in [-0.1, -0.05) is 44.2 Å². The van der Waals surface area contributed by atoms with E-state index in [1.54, 1.807) is 14.0 Å². The predicted molar refractivity (Wildman–Crippen MR) is 86.5 cm³/mol. The summed E-state index contributed by atoms with van der Waals surface area (Å²) in [4.78, 5) is 25.0. The van der Waals surface area contributed by atoms with Gasteiger partial charge in [-0.15, -0.1) is 0 Å². The fraction of sp³-hybridized carbons (Fsp3) is 0.444. The fourth-order valence-electron chi connectivity index (χ4n) is 2.92. The highest BCUT2D eigenvalue weighted by atomic mass is 16.5. The highest BCUT2D eigenvalue weighted by Crippen LogP contribution is 2.41. The van der Waals surface area contributed by atoms with E-state index in [9.17, 15) is 9.59 Å². The van der Waals surface area contributed by atoms with Crippen LogP contribution in [0.2, 0.25) is 0 Å². The van der Waals surface area contributed by atoms with Crippen molar-refractivity contribution in [1.82, 2.24) is 5.32 Å². The van der Waals surface area contributed by atoms with Crippen molar-refractivity contribution in [3.8, 4) is 0 Å². The van der Waals surface area contributed by atoms with Gasteiger partial charge in [0, 0.05) is 17.5 Å². The van der Waals surface area contributed by atoms with E-state index in [-0.39, 0.29) is 24.3 Å². The van der Waals surface area contributed by atoms with Crippen molar-refractivity contribution < 1.29 is 14.3 Å². The summed E-state index contributed by atoms with van der Waals surface area (Å²) in [5, 5.41) is 2.91. The van der Waals surface area contributed by atoms with Gasteiger partial charge in [-0.25, -0.2) is 0 Å². The van der Waals surface area contributed by atoms with E-state index < -0.39 is 11.9 Å². The summed E-state index contributed by atoms with van der Waals surface area (Å²) in [6, 6.07) is 7.86. The topological polar surface area (TPSA) is 55.4 Å². The molecule has 0 unspecified atom stereocenters. The van der Waals surface area contributed by atoms with Crippen LogP contribution in [0.15, 0.2) is 30.3 Å². The molecular formula is C18H23NO3. The Labute approximate surface area is 131 Å². The zero-order valence-electron chi connectivity index (χ0n) is 13.6. The maximum atomic E-state index is 12.9. The molecule has 1 N–H and O–H groups in total. The first-order chi connectivity index (χ1) is 10.4. The number of allylic oxidation sites excluding steroid dienone is 2. The van der Waals surface area contributed by atoms with Gasteiger partial charge in [-0.2, -0.15) is 0 Å². The molecule has 118 valence electrons. The van der Waals surface area contributed by atoms with Crippen molar-refractivity contribution in [2.75, 3.05) is 20.2 Å². The molecule has 1 atom stereocenters. The molecule has 1 aliphatic carbocycles. The first-order valence-corrected chi connectivity index (χ1v) is 7.60. The molecule has 2 rings (SSSR count). The number of ether oxygens (including phenoxy) is 1. The lowest BCUT2D eigenvalue weighted by Crippen LogP contribution is -2.34. The van der Waals surface area contributed by atoms with Crippen molar-refractivity contribution in [3.05, 3.63) is 41.5 Å². The lowest BCUT2D eigenvalue weighted by molar-refractivity contribution is -0.150. The number of ketones is 1. The average molecular weight is 301 g/mol. The summed E-state index contributed by atoms with van der Waals surface area (Å²) in [5.74, 6) is -1.45. The number of nitrogens with one attached hydrogen (secondary N) is 1. The average Bonchev–Trinajstić information content (AvgIpc) is 2.77. The minimum Gasteiger partial charge on any atom is -0.465 e. The monoisotopic (exact) mass is 301 g/mol. The van der Waals surface area contributed by atoms with Gasteiger partial charge in [0.15, 0.2) is 5.78 Å². The number of hydrogen-bond donors (Lipinski definition) is 1. The Morgan fingerprint density at radius 1 is 1.27 bits per heavy atom. The number of carbonyl (C=O) groups excluding carboxylic acids is 2. The molecule has 0 saturated heterocycles. The first-order valence-electron chi connectivity index (χ1n) is 7.60. The Bertz CT molecular complexity index is 617. The molecule has 1 aromatic carbocycles. The van der Waals surface area contributed by atoms with Crippen LogP contribution >= 0.6 is 0 Å². The SMILES string of the molecule is CCOC(=O)[C@H](CNC)C(=O)C1=CC(C)(C)c2ccccc21. The number of Topliss-reactive ketones (excluding diaryl/α,β-unsaturated/α-hetero) is 1. The second kappa shape index (κ2) is 6.44. The second-order valence-electron chi connectivity index (χ2n) is 6.05. The second-order valence-corrected chi connectivity index (χ2v) is 6.05. The van der Waals surface area contributed by atoms with Crippen LogP contribution in [0.4, 0.5) is 0 Å². The number of rotatable bonds is 6. The number of benzene rings is 1. The molecule has 4 nitrogen and oxygen atoms in total. The third-order valence-electron chi connectivity index (χ3n) is 3.98. The first kappa shape index (κ1) is 16.4. The summed E-state index contributed by atoms with van der Waals surface area (Å²) < 4.78 is 5.05. The van der Waals surface area contributed by atoms with Gasteiger partial charge in [0.05, 0.1) is 6.61 Å². The highest BCUT2D eigenvalue weighted by molar-refractivity contribution is 6.28. The standard InChI is InChI=1S/C18H23NO3/c1-5-22-17(21)14(11-19-4)16(20)13-10-18(2,3)15-9-7-6-8-12(13)15/h6-10,14,19H,5,11H2,1-4H3/t14-/m1/s1. The molecule has 0 heterocycles. The molecule has 0 aliphatic heterocycles. The normalized spacial score (nSPS) is 16.6. The Hall–Kier alpha value is -1.94. The lowest BCUT2D eigenvalue weighted by Gasteiger charge is -2.16. The maximum Gasteiger partial charge on any atom is 0.318 e. The molecule has 1 aromatic rings. The largest absolute Gasteiger partial charge is 0.465 e. The third-order valence-corrected chi connectivity index (χ3v) is 3.98. The maximum absolute atomic E-state index is 12.9. The Balaban J connectivity index is 2.38. The van der Waals surface area contributed by atoms with Crippen LogP contribution < -0.4 is 5.32 Å². The summed E-state index contributed by atoms with van der Waals surface area (Å²) in [6.45, 7) is 6.43. The van der Waals surface area contributed by atoms with Crippen LogP contribution in [-0.2, 0) is 19.7 Å². The zero-order chi connectivity index (χ0) is 16.3. The minimum absolute atomic E-state index is 0.175. The molecule has 0 amide bonds. The van der Waals surface area contributed by atoms with Gasteiger partial charge >= 0.3 is 5.97 Å². The molecule has 1 aliphatic rings. The predicted octanol–water partition coefficient (Wildman–Crippen LogP) is 2.33. The van der Waals surface area contributed by atoms with Crippen LogP contribution in [0, 0.1) is 5.92 Å². The lowest BCUT2D eigenvalue weighted by atomic mass is 9.87. The van der Waals surface area contributed by atoms with Crippen LogP contribution in [0.5, 0.6) is 0 Å². The summed E-state index contributed by atoms with van der Waals surface area (Å²) in [5.41, 5.74) is 2.45. The zero-order valence-corrected chi connectivity index (χ0v) is 13.6. The molecule has 0 aromatic heterocycles. The Kier molecular flexibility index (Phi) is 4.81. The van der Waals surface area contributed by atoms with Gasteiger partial charge < -0.3 is 10.1 Å². The molecule has 22 heavy (non-hydrogen) atoms. The Morgan fingerprint density at radius 3 is 2.59 bits per heavy atom. The number of fused-ring (bicyclic) bond motifs is 1. The van der Waals surface area contributed by atoms with E-state index in [2.05, 4.69) is 19.2 Å². The van der Waals surface area contributed by atoms with E-state index >= 15 is 0 Å². The van der Waals surface area contributed by atoms with Crippen LogP contribution in [0.3, 0.4) is 0 Å². The van der Waals surface area contributed by atoms with Crippen molar-refractivity contribution in [2.45, 2.75) is 26.2 Å². The van der Waals surface area contributed by atoms with Crippen molar-refractivity contribution >= 4 is 17.3 Å². The van der Waals surface area contributed by atoms with E-state index in [0.29, 0.717) is 5.57 Å². The summed E-state index contributed by atoms with van der Waals surface area (Å²) >= 11 is 0. The van der Waals surface area contributed by atoms with Crippen LogP contribution in [0.1, 0.15) is 31.9 Å². The molecule has 0 fully saturated rings. The van der Waals surface area contributed by atoms with Gasteiger partial charge in [-0.3, -0.25) is 9.59 Å². The van der Waals surface area contributed by atoms with E-state index in [1.807, 2.05) is 30.3 Å². The van der Waals surface area contributed by atoms with Gasteiger partial charge in [0.2, 0.25) is 0 Å². The highest BCUT2D eigenvalue weighted by Gasteiger charge is 2.37. The van der Waals surface area contributed by atoms with Crippen molar-refractivity contribution in [2.24, 2.45) is 5.92 Å². The molecule has 0 spiro atoms. The molecule has 0 radical (unpaired) electrons. The van der Waals surface area contributed by atoms with Crippen LogP contribution in [-0.4, -0.2) is 32.0 Å². The quantitative estimate of drug-likeness (QED) is 0.647. The van der Waals surface area contributed by atoms with E-state index in [1.165, 1.54) is 0 Å². The smallest absolute Gasteiger partial charge is 0.318 e. The minimum atomic E-state index is -0.807. The van der Waals surface area contributed by atoms with E-state index in [4.69, 9.17) is 4.74 Å².